The molecular formula is C23H27NO3. The van der Waals surface area contributed by atoms with Gasteiger partial charge >= 0.3 is 5.97 Å². The third-order valence-corrected chi connectivity index (χ3v) is 6.32. The van der Waals surface area contributed by atoms with Gasteiger partial charge in [0, 0.05) is 17.0 Å². The second-order valence-corrected chi connectivity index (χ2v) is 8.08. The first-order chi connectivity index (χ1) is 13.2. The number of nitrogens with zero attached hydrogens (tertiary/aromatic N) is 1. The maximum Gasteiger partial charge on any atom is 0.309 e. The van der Waals surface area contributed by atoms with Crippen molar-refractivity contribution in [1.82, 2.24) is 4.98 Å². The number of ether oxygens (including phenoxy) is 2. The number of carbonyl (C=O) groups is 1. The van der Waals surface area contributed by atoms with Crippen molar-refractivity contribution in [2.24, 2.45) is 11.3 Å². The van der Waals surface area contributed by atoms with E-state index >= 15 is 0 Å². The van der Waals surface area contributed by atoms with E-state index in [-0.39, 0.29) is 12.4 Å². The molecule has 3 saturated carbocycles. The van der Waals surface area contributed by atoms with Gasteiger partial charge in [-0.25, -0.2) is 4.98 Å². The highest BCUT2D eigenvalue weighted by molar-refractivity contribution is 5.72. The molecule has 0 radical (unpaired) electrons. The Hall–Kier alpha value is -2.36. The lowest BCUT2D eigenvalue weighted by molar-refractivity contribution is -0.139. The summed E-state index contributed by atoms with van der Waals surface area (Å²) < 4.78 is 10.9. The van der Waals surface area contributed by atoms with E-state index in [1.807, 2.05) is 42.5 Å². The molecule has 0 spiro atoms. The van der Waals surface area contributed by atoms with Gasteiger partial charge in [0.25, 0.3) is 0 Å². The summed E-state index contributed by atoms with van der Waals surface area (Å²) in [5.74, 6) is 1.44. The largest absolute Gasteiger partial charge is 0.477 e. The molecular weight excluding hydrogens is 338 g/mol. The number of pyridine rings is 1. The summed E-state index contributed by atoms with van der Waals surface area (Å²) in [4.78, 5) is 16.1. The Morgan fingerprint density at radius 1 is 1.07 bits per heavy atom. The van der Waals surface area contributed by atoms with E-state index < -0.39 is 0 Å². The Bertz CT molecular complexity index is 778. The average Bonchev–Trinajstić information content (AvgIpc) is 2.74. The van der Waals surface area contributed by atoms with Crippen LogP contribution in [0.2, 0.25) is 0 Å². The van der Waals surface area contributed by atoms with Crippen LogP contribution in [0.15, 0.2) is 42.5 Å². The van der Waals surface area contributed by atoms with Crippen LogP contribution in [0.5, 0.6) is 5.88 Å². The first-order valence-corrected chi connectivity index (χ1v) is 9.92. The van der Waals surface area contributed by atoms with Gasteiger partial charge in [0.2, 0.25) is 5.88 Å². The van der Waals surface area contributed by atoms with E-state index in [0.29, 0.717) is 11.3 Å². The molecule has 2 aromatic rings. The predicted octanol–water partition coefficient (Wildman–Crippen LogP) is 4.81. The Labute approximate surface area is 160 Å². The maximum atomic E-state index is 11.4. The van der Waals surface area contributed by atoms with Crippen LogP contribution in [-0.4, -0.2) is 24.7 Å². The van der Waals surface area contributed by atoms with Gasteiger partial charge in [-0.15, -0.1) is 0 Å². The van der Waals surface area contributed by atoms with E-state index in [0.717, 1.165) is 29.3 Å². The fourth-order valence-electron chi connectivity index (χ4n) is 4.47. The van der Waals surface area contributed by atoms with Crippen molar-refractivity contribution < 1.29 is 14.3 Å². The molecule has 5 rings (SSSR count). The van der Waals surface area contributed by atoms with E-state index in [9.17, 15) is 4.79 Å². The number of benzene rings is 1. The van der Waals surface area contributed by atoms with Crippen molar-refractivity contribution in [3.05, 3.63) is 48.0 Å². The number of aromatic nitrogens is 1. The van der Waals surface area contributed by atoms with Crippen molar-refractivity contribution in [3.8, 4) is 17.1 Å². The molecule has 3 aliphatic rings. The minimum Gasteiger partial charge on any atom is -0.477 e. The summed E-state index contributed by atoms with van der Waals surface area (Å²) in [5, 5.41) is 0. The summed E-state index contributed by atoms with van der Waals surface area (Å²) >= 11 is 0. The summed E-state index contributed by atoms with van der Waals surface area (Å²) in [7, 11) is 1.41. The van der Waals surface area contributed by atoms with Crippen LogP contribution in [0.4, 0.5) is 0 Å². The van der Waals surface area contributed by atoms with Gasteiger partial charge in [-0.1, -0.05) is 30.3 Å². The lowest BCUT2D eigenvalue weighted by Gasteiger charge is -2.46. The zero-order valence-electron chi connectivity index (χ0n) is 15.9. The highest BCUT2D eigenvalue weighted by Crippen LogP contribution is 2.50. The number of esters is 1. The van der Waals surface area contributed by atoms with Gasteiger partial charge < -0.3 is 9.47 Å². The third kappa shape index (κ3) is 4.15. The molecule has 0 saturated heterocycles. The lowest BCUT2D eigenvalue weighted by Crippen LogP contribution is -2.38. The lowest BCUT2D eigenvalue weighted by atomic mass is 9.61. The minimum absolute atomic E-state index is 0.229. The zero-order valence-corrected chi connectivity index (χ0v) is 15.9. The fourth-order valence-corrected chi connectivity index (χ4v) is 4.47. The van der Waals surface area contributed by atoms with Gasteiger partial charge in [-0.2, -0.15) is 0 Å². The van der Waals surface area contributed by atoms with Gasteiger partial charge in [0.15, 0.2) is 0 Å². The van der Waals surface area contributed by atoms with Crippen molar-refractivity contribution >= 4 is 5.97 Å². The second kappa shape index (κ2) is 7.71. The van der Waals surface area contributed by atoms with E-state index in [4.69, 9.17) is 14.5 Å². The number of methoxy groups -OCH3 is 1. The number of carbonyl (C=O) groups excluding carboxylic acids is 1. The molecule has 1 heterocycles. The first-order valence-electron chi connectivity index (χ1n) is 9.92. The van der Waals surface area contributed by atoms with Gasteiger partial charge in [0.1, 0.15) is 0 Å². The number of rotatable bonds is 6. The summed E-state index contributed by atoms with van der Waals surface area (Å²) in [6.45, 7) is 0.786. The predicted molar refractivity (Wildman–Crippen MR) is 105 cm³/mol. The molecule has 2 bridgehead atoms. The second-order valence-electron chi connectivity index (χ2n) is 8.08. The van der Waals surface area contributed by atoms with Gasteiger partial charge in [0.05, 0.1) is 25.8 Å². The highest BCUT2D eigenvalue weighted by Gasteiger charge is 2.40. The molecule has 0 unspecified atom stereocenters. The normalized spacial score (nSPS) is 23.8. The molecule has 4 heteroatoms. The molecule has 4 nitrogen and oxygen atoms in total. The fraction of sp³-hybridized carbons (Fsp3) is 0.478. The highest BCUT2D eigenvalue weighted by atomic mass is 16.5. The van der Waals surface area contributed by atoms with Gasteiger partial charge in [-0.3, -0.25) is 4.79 Å². The Morgan fingerprint density at radius 3 is 2.44 bits per heavy atom. The SMILES string of the molecule is COC(=O)Cc1ccc(-c2cccc(OCC34CCC(CC3)CC4)n2)cc1. The van der Waals surface area contributed by atoms with Crippen LogP contribution in [0.25, 0.3) is 11.3 Å². The van der Waals surface area contributed by atoms with Crippen LogP contribution >= 0.6 is 0 Å². The van der Waals surface area contributed by atoms with Crippen molar-refractivity contribution in [1.29, 1.82) is 0 Å². The quantitative estimate of drug-likeness (QED) is 0.689. The third-order valence-electron chi connectivity index (χ3n) is 6.32. The van der Waals surface area contributed by atoms with Crippen LogP contribution in [-0.2, 0) is 16.0 Å². The van der Waals surface area contributed by atoms with Crippen LogP contribution in [0.3, 0.4) is 0 Å². The Kier molecular flexibility index (Phi) is 5.15. The molecule has 0 amide bonds. The standard InChI is InChI=1S/C23H27NO3/c1-26-22(25)15-18-5-7-19(8-6-18)20-3-2-4-21(24-20)27-16-23-12-9-17(10-13-23)11-14-23/h2-8,17H,9-16H2,1H3. The van der Waals surface area contributed by atoms with E-state index in [2.05, 4.69) is 0 Å². The maximum absolute atomic E-state index is 11.4. The molecule has 0 N–H and O–H groups in total. The topological polar surface area (TPSA) is 48.4 Å². The summed E-state index contributed by atoms with van der Waals surface area (Å²) in [5.41, 5.74) is 3.22. The van der Waals surface area contributed by atoms with Crippen LogP contribution in [0, 0.1) is 11.3 Å². The van der Waals surface area contributed by atoms with Gasteiger partial charge in [-0.05, 0) is 56.1 Å². The Morgan fingerprint density at radius 2 is 1.78 bits per heavy atom. The van der Waals surface area contributed by atoms with Crippen molar-refractivity contribution in [3.63, 3.8) is 0 Å². The molecule has 1 aromatic heterocycles. The summed E-state index contributed by atoms with van der Waals surface area (Å²) in [6, 6.07) is 13.8. The Balaban J connectivity index is 1.42. The van der Waals surface area contributed by atoms with Crippen LogP contribution in [0.1, 0.15) is 44.1 Å². The van der Waals surface area contributed by atoms with Crippen molar-refractivity contribution in [2.75, 3.05) is 13.7 Å². The smallest absolute Gasteiger partial charge is 0.309 e. The zero-order chi connectivity index (χ0) is 18.7. The molecule has 3 fully saturated rings. The van der Waals surface area contributed by atoms with E-state index in [1.165, 1.54) is 45.6 Å². The van der Waals surface area contributed by atoms with Crippen LogP contribution < -0.4 is 4.74 Å². The minimum atomic E-state index is -0.229. The molecule has 3 aliphatic carbocycles. The molecule has 1 aromatic carbocycles. The summed E-state index contributed by atoms with van der Waals surface area (Å²) in [6.07, 6.45) is 8.31. The number of hydrogen-bond acceptors (Lipinski definition) is 4. The number of hydrogen-bond donors (Lipinski definition) is 0. The number of fused-ring (bicyclic) bond motifs is 3. The molecule has 27 heavy (non-hydrogen) atoms. The van der Waals surface area contributed by atoms with E-state index in [1.54, 1.807) is 0 Å². The molecule has 0 aliphatic heterocycles. The molecule has 142 valence electrons. The monoisotopic (exact) mass is 365 g/mol. The molecule has 0 atom stereocenters. The first kappa shape index (κ1) is 18.0. The van der Waals surface area contributed by atoms with Crippen molar-refractivity contribution in [2.45, 2.75) is 44.9 Å². The average molecular weight is 365 g/mol.